The molecule has 0 radical (unpaired) electrons. The Morgan fingerprint density at radius 2 is 2.36 bits per heavy atom. The van der Waals surface area contributed by atoms with Crippen LogP contribution in [0.15, 0.2) is 24.3 Å². The lowest BCUT2D eigenvalue weighted by Gasteiger charge is -2.10. The summed E-state index contributed by atoms with van der Waals surface area (Å²) in [5.41, 5.74) is 0.992. The molecule has 0 amide bonds. The Balaban J connectivity index is 2.26. The van der Waals surface area contributed by atoms with Gasteiger partial charge in [0.2, 0.25) is 0 Å². The van der Waals surface area contributed by atoms with Crippen LogP contribution in [0, 0.1) is 0 Å². The first-order valence-corrected chi connectivity index (χ1v) is 4.71. The topological polar surface area (TPSA) is 38.3 Å². The van der Waals surface area contributed by atoms with Crippen molar-refractivity contribution in [1.82, 2.24) is 5.32 Å². The van der Waals surface area contributed by atoms with Crippen LogP contribution in [0.2, 0.25) is 0 Å². The van der Waals surface area contributed by atoms with Crippen molar-refractivity contribution in [3.8, 4) is 5.75 Å². The lowest BCUT2D eigenvalue weighted by Crippen LogP contribution is -2.17. The Morgan fingerprint density at radius 3 is 3.00 bits per heavy atom. The van der Waals surface area contributed by atoms with Gasteiger partial charge in [0.25, 0.3) is 0 Å². The van der Waals surface area contributed by atoms with Gasteiger partial charge in [-0.2, -0.15) is 0 Å². The van der Waals surface area contributed by atoms with Crippen molar-refractivity contribution in [2.75, 3.05) is 13.7 Å². The fourth-order valence-corrected chi connectivity index (χ4v) is 1.72. The maximum absolute atomic E-state index is 11.5. The average Bonchev–Trinajstić information content (AvgIpc) is 2.65. The van der Waals surface area contributed by atoms with Crippen molar-refractivity contribution in [3.05, 3.63) is 29.8 Å². The summed E-state index contributed by atoms with van der Waals surface area (Å²) in [4.78, 5) is 11.5. The first kappa shape index (κ1) is 9.21. The molecule has 1 fully saturated rings. The number of rotatable bonds is 2. The summed E-state index contributed by atoms with van der Waals surface area (Å²) in [5, 5.41) is 3.17. The molecule has 0 aromatic heterocycles. The molecule has 1 aliphatic heterocycles. The standard InChI is InChI=1S/C11H13NO2/c1-14-9-4-2-3-8(7-9)11-10(13)5-6-12-11/h2-4,7,11-12H,5-6H2,1H3. The number of benzene rings is 1. The Labute approximate surface area is 83.1 Å². The molecule has 1 heterocycles. The highest BCUT2D eigenvalue weighted by molar-refractivity contribution is 5.87. The van der Waals surface area contributed by atoms with E-state index in [0.717, 1.165) is 17.9 Å². The van der Waals surface area contributed by atoms with Crippen molar-refractivity contribution in [2.45, 2.75) is 12.5 Å². The molecule has 0 bridgehead atoms. The Kier molecular flexibility index (Phi) is 2.50. The van der Waals surface area contributed by atoms with Gasteiger partial charge in [-0.05, 0) is 17.7 Å². The van der Waals surface area contributed by atoms with Gasteiger partial charge in [0.1, 0.15) is 5.75 Å². The molecule has 1 saturated heterocycles. The van der Waals surface area contributed by atoms with Crippen LogP contribution in [0.3, 0.4) is 0 Å². The number of hydrogen-bond donors (Lipinski definition) is 1. The van der Waals surface area contributed by atoms with Crippen molar-refractivity contribution in [1.29, 1.82) is 0 Å². The number of ether oxygens (including phenoxy) is 1. The maximum Gasteiger partial charge on any atom is 0.155 e. The molecule has 3 nitrogen and oxygen atoms in total. The normalized spacial score (nSPS) is 21.2. The molecule has 1 aromatic carbocycles. The summed E-state index contributed by atoms with van der Waals surface area (Å²) in [7, 11) is 1.63. The summed E-state index contributed by atoms with van der Waals surface area (Å²) in [5.74, 6) is 1.06. The van der Waals surface area contributed by atoms with E-state index in [1.165, 1.54) is 0 Å². The van der Waals surface area contributed by atoms with Gasteiger partial charge >= 0.3 is 0 Å². The van der Waals surface area contributed by atoms with E-state index in [-0.39, 0.29) is 11.8 Å². The predicted molar refractivity (Wildman–Crippen MR) is 53.4 cm³/mol. The molecule has 1 unspecified atom stereocenters. The van der Waals surface area contributed by atoms with Gasteiger partial charge in [0.05, 0.1) is 13.2 Å². The molecule has 0 aliphatic carbocycles. The van der Waals surface area contributed by atoms with Crippen LogP contribution in [-0.2, 0) is 4.79 Å². The number of Topliss-reactive ketones (excluding diaryl/α,β-unsaturated/α-hetero) is 1. The number of methoxy groups -OCH3 is 1. The molecule has 1 aliphatic rings. The first-order valence-electron chi connectivity index (χ1n) is 4.71. The molecule has 0 spiro atoms. The fraction of sp³-hybridized carbons (Fsp3) is 0.364. The minimum Gasteiger partial charge on any atom is -0.497 e. The summed E-state index contributed by atoms with van der Waals surface area (Å²) >= 11 is 0. The van der Waals surface area contributed by atoms with Gasteiger partial charge in [-0.1, -0.05) is 12.1 Å². The van der Waals surface area contributed by atoms with Gasteiger partial charge in [-0.15, -0.1) is 0 Å². The van der Waals surface area contributed by atoms with Gasteiger partial charge in [0, 0.05) is 13.0 Å². The van der Waals surface area contributed by atoms with Crippen LogP contribution in [0.25, 0.3) is 0 Å². The molecule has 1 N–H and O–H groups in total. The van der Waals surface area contributed by atoms with Crippen molar-refractivity contribution < 1.29 is 9.53 Å². The van der Waals surface area contributed by atoms with Gasteiger partial charge in [-0.25, -0.2) is 0 Å². The Hall–Kier alpha value is -1.35. The summed E-state index contributed by atoms with van der Waals surface area (Å²) < 4.78 is 5.11. The number of ketones is 1. The minimum atomic E-state index is -0.134. The van der Waals surface area contributed by atoms with E-state index in [4.69, 9.17) is 4.74 Å². The van der Waals surface area contributed by atoms with E-state index in [9.17, 15) is 4.79 Å². The summed E-state index contributed by atoms with van der Waals surface area (Å²) in [6.45, 7) is 0.778. The molecule has 14 heavy (non-hydrogen) atoms. The SMILES string of the molecule is COc1cccc(C2NCCC2=O)c1. The summed E-state index contributed by atoms with van der Waals surface area (Å²) in [6.07, 6.45) is 0.627. The second kappa shape index (κ2) is 3.80. The van der Waals surface area contributed by atoms with E-state index in [0.29, 0.717) is 6.42 Å². The lowest BCUT2D eigenvalue weighted by molar-refractivity contribution is -0.118. The van der Waals surface area contributed by atoms with E-state index in [1.54, 1.807) is 7.11 Å². The quantitative estimate of drug-likeness (QED) is 0.765. The third kappa shape index (κ3) is 1.63. The van der Waals surface area contributed by atoms with Crippen molar-refractivity contribution in [3.63, 3.8) is 0 Å². The Morgan fingerprint density at radius 1 is 1.50 bits per heavy atom. The number of carbonyl (C=O) groups excluding carboxylic acids is 1. The highest BCUT2D eigenvalue weighted by Crippen LogP contribution is 2.23. The third-order valence-electron chi connectivity index (χ3n) is 2.47. The lowest BCUT2D eigenvalue weighted by atomic mass is 10.0. The van der Waals surface area contributed by atoms with Crippen LogP contribution in [0.1, 0.15) is 18.0 Å². The maximum atomic E-state index is 11.5. The zero-order valence-electron chi connectivity index (χ0n) is 8.12. The van der Waals surface area contributed by atoms with Crippen LogP contribution in [-0.4, -0.2) is 19.4 Å². The molecule has 0 saturated carbocycles. The van der Waals surface area contributed by atoms with Crippen molar-refractivity contribution in [2.24, 2.45) is 0 Å². The number of carbonyl (C=O) groups is 1. The second-order valence-electron chi connectivity index (χ2n) is 3.38. The highest BCUT2D eigenvalue weighted by atomic mass is 16.5. The minimum absolute atomic E-state index is 0.134. The largest absolute Gasteiger partial charge is 0.497 e. The second-order valence-corrected chi connectivity index (χ2v) is 3.38. The van der Waals surface area contributed by atoms with Crippen LogP contribution < -0.4 is 10.1 Å². The predicted octanol–water partition coefficient (Wildman–Crippen LogP) is 1.30. The number of hydrogen-bond acceptors (Lipinski definition) is 3. The van der Waals surface area contributed by atoms with E-state index in [1.807, 2.05) is 24.3 Å². The van der Waals surface area contributed by atoms with Crippen molar-refractivity contribution >= 4 is 5.78 Å². The molecule has 1 aromatic rings. The zero-order valence-corrected chi connectivity index (χ0v) is 8.12. The van der Waals surface area contributed by atoms with E-state index >= 15 is 0 Å². The van der Waals surface area contributed by atoms with Crippen LogP contribution in [0.4, 0.5) is 0 Å². The van der Waals surface area contributed by atoms with Crippen LogP contribution in [0.5, 0.6) is 5.75 Å². The molecule has 74 valence electrons. The average molecular weight is 191 g/mol. The molecular formula is C11H13NO2. The first-order chi connectivity index (χ1) is 6.81. The summed E-state index contributed by atoms with van der Waals surface area (Å²) in [6, 6.07) is 7.50. The smallest absolute Gasteiger partial charge is 0.155 e. The fourth-order valence-electron chi connectivity index (χ4n) is 1.72. The molecule has 1 atom stereocenters. The van der Waals surface area contributed by atoms with Gasteiger partial charge in [0.15, 0.2) is 5.78 Å². The van der Waals surface area contributed by atoms with Gasteiger partial charge in [-0.3, -0.25) is 4.79 Å². The zero-order chi connectivity index (χ0) is 9.97. The highest BCUT2D eigenvalue weighted by Gasteiger charge is 2.25. The van der Waals surface area contributed by atoms with Gasteiger partial charge < -0.3 is 10.1 Å². The third-order valence-corrected chi connectivity index (χ3v) is 2.47. The Bertz CT molecular complexity index is 349. The van der Waals surface area contributed by atoms with Crippen LogP contribution >= 0.6 is 0 Å². The monoisotopic (exact) mass is 191 g/mol. The molecule has 2 rings (SSSR count). The van der Waals surface area contributed by atoms with E-state index < -0.39 is 0 Å². The molecule has 3 heteroatoms. The number of nitrogens with one attached hydrogen (secondary N) is 1. The van der Waals surface area contributed by atoms with E-state index in [2.05, 4.69) is 5.32 Å². The molecular weight excluding hydrogens is 178 g/mol.